The highest BCUT2D eigenvalue weighted by molar-refractivity contribution is 6.63. The number of carbonyl (C=O) groups excluding carboxylic acids is 1. The average Bonchev–Trinajstić information content (AvgIpc) is 2.62. The summed E-state index contributed by atoms with van der Waals surface area (Å²) in [6.07, 6.45) is 9.71. The molecular weight excluding hydrogens is 306 g/mol. The Hall–Kier alpha value is -0.860. The van der Waals surface area contributed by atoms with Crippen molar-refractivity contribution in [1.29, 1.82) is 0 Å². The molecule has 0 bridgehead atoms. The van der Waals surface area contributed by atoms with Crippen LogP contribution in [0.1, 0.15) is 68.4 Å². The summed E-state index contributed by atoms with van der Waals surface area (Å²) < 4.78 is 0. The van der Waals surface area contributed by atoms with E-state index in [4.69, 9.17) is 17.3 Å². The van der Waals surface area contributed by atoms with Gasteiger partial charge in [0.2, 0.25) is 5.24 Å². The molecule has 0 heterocycles. The van der Waals surface area contributed by atoms with E-state index >= 15 is 0 Å². The van der Waals surface area contributed by atoms with Crippen LogP contribution in [0, 0.1) is 17.8 Å². The van der Waals surface area contributed by atoms with Gasteiger partial charge in [-0.2, -0.15) is 0 Å². The normalized spacial score (nSPS) is 31.7. The lowest BCUT2D eigenvalue weighted by Gasteiger charge is -2.37. The molecule has 0 amide bonds. The Labute approximate surface area is 144 Å². The number of hydrogen-bond donors (Lipinski definition) is 1. The molecule has 2 N–H and O–H groups in total. The smallest absolute Gasteiger partial charge is 0.224 e. The van der Waals surface area contributed by atoms with Crippen LogP contribution in [0.25, 0.3) is 0 Å². The van der Waals surface area contributed by atoms with E-state index < -0.39 is 0 Å². The number of benzene rings is 1. The van der Waals surface area contributed by atoms with Crippen molar-refractivity contribution in [2.75, 3.05) is 0 Å². The molecule has 2 fully saturated rings. The molecule has 3 heteroatoms. The molecule has 0 radical (unpaired) electrons. The van der Waals surface area contributed by atoms with Crippen LogP contribution >= 0.6 is 11.6 Å². The number of nitrogens with two attached hydrogens (primary N) is 1. The molecule has 0 unspecified atom stereocenters. The summed E-state index contributed by atoms with van der Waals surface area (Å²) in [6, 6.07) is 8.88. The first-order valence-corrected chi connectivity index (χ1v) is 9.53. The van der Waals surface area contributed by atoms with Gasteiger partial charge in [-0.1, -0.05) is 24.3 Å². The third-order valence-electron chi connectivity index (χ3n) is 6.22. The lowest BCUT2D eigenvalue weighted by atomic mass is 9.68. The lowest BCUT2D eigenvalue weighted by molar-refractivity contribution is -0.116. The van der Waals surface area contributed by atoms with E-state index in [-0.39, 0.29) is 11.2 Å². The first kappa shape index (κ1) is 17.0. The lowest BCUT2D eigenvalue weighted by Crippen LogP contribution is -2.26. The fourth-order valence-corrected chi connectivity index (χ4v) is 4.89. The van der Waals surface area contributed by atoms with Crippen LogP contribution in [0.15, 0.2) is 24.3 Å². The molecule has 1 aromatic carbocycles. The average molecular weight is 334 g/mol. The second-order valence-electron chi connectivity index (χ2n) is 7.47. The van der Waals surface area contributed by atoms with Gasteiger partial charge in [0.05, 0.1) is 0 Å². The molecule has 2 aliphatic rings. The monoisotopic (exact) mass is 333 g/mol. The van der Waals surface area contributed by atoms with Gasteiger partial charge in [0.1, 0.15) is 0 Å². The van der Waals surface area contributed by atoms with Crippen LogP contribution in [0.2, 0.25) is 0 Å². The quantitative estimate of drug-likeness (QED) is 0.789. The Balaban J connectivity index is 1.49. The van der Waals surface area contributed by atoms with Gasteiger partial charge in [-0.25, -0.2) is 0 Å². The summed E-state index contributed by atoms with van der Waals surface area (Å²) in [5.74, 6) is 2.54. The second kappa shape index (κ2) is 7.81. The summed E-state index contributed by atoms with van der Waals surface area (Å²) in [4.78, 5) is 11.3. The van der Waals surface area contributed by atoms with Crippen LogP contribution in [0.4, 0.5) is 0 Å². The van der Waals surface area contributed by atoms with Gasteiger partial charge >= 0.3 is 0 Å². The maximum absolute atomic E-state index is 11.3. The van der Waals surface area contributed by atoms with Gasteiger partial charge < -0.3 is 5.73 Å². The fraction of sp³-hybridized carbons (Fsp3) is 0.650. The molecule has 1 aromatic rings. The summed E-state index contributed by atoms with van der Waals surface area (Å²) in [7, 11) is 0. The van der Waals surface area contributed by atoms with Crippen molar-refractivity contribution in [3.05, 3.63) is 35.4 Å². The van der Waals surface area contributed by atoms with E-state index in [1.165, 1.54) is 49.7 Å². The number of hydrogen-bond acceptors (Lipinski definition) is 2. The summed E-state index contributed by atoms with van der Waals surface area (Å²) >= 11 is 5.65. The van der Waals surface area contributed by atoms with Crippen LogP contribution in [0.3, 0.4) is 0 Å². The van der Waals surface area contributed by atoms with Gasteiger partial charge in [0.15, 0.2) is 0 Å². The molecule has 0 atom stereocenters. The van der Waals surface area contributed by atoms with E-state index in [0.29, 0.717) is 6.54 Å². The SMILES string of the molecule is NCc1ccc(C2CCC([C@H]3CC[C@H](C(=O)Cl)CC3)CC2)cc1. The van der Waals surface area contributed by atoms with E-state index in [2.05, 4.69) is 24.3 Å². The minimum absolute atomic E-state index is 0.118. The third kappa shape index (κ3) is 4.16. The minimum Gasteiger partial charge on any atom is -0.326 e. The van der Waals surface area contributed by atoms with Crippen molar-refractivity contribution < 1.29 is 4.79 Å². The zero-order chi connectivity index (χ0) is 16.2. The van der Waals surface area contributed by atoms with Crippen molar-refractivity contribution in [3.63, 3.8) is 0 Å². The molecule has 0 aromatic heterocycles. The highest BCUT2D eigenvalue weighted by Crippen LogP contribution is 2.44. The van der Waals surface area contributed by atoms with E-state index in [1.54, 1.807) is 0 Å². The highest BCUT2D eigenvalue weighted by Gasteiger charge is 2.32. The third-order valence-corrected chi connectivity index (χ3v) is 6.53. The molecule has 0 spiro atoms. The predicted molar refractivity (Wildman–Crippen MR) is 95.3 cm³/mol. The van der Waals surface area contributed by atoms with Crippen molar-refractivity contribution in [2.45, 2.75) is 63.8 Å². The maximum atomic E-state index is 11.3. The molecule has 23 heavy (non-hydrogen) atoms. The Morgan fingerprint density at radius 3 is 1.91 bits per heavy atom. The number of rotatable bonds is 4. The standard InChI is InChI=1S/C20H28ClNO/c21-20(23)19-11-9-18(10-12-19)17-7-5-16(6-8-17)15-3-1-14(13-22)2-4-15/h1-4,16-19H,5-13,22H2/t16?,17?,18-,19-. The fourth-order valence-electron chi connectivity index (χ4n) is 4.67. The largest absolute Gasteiger partial charge is 0.326 e. The number of carbonyl (C=O) groups is 1. The predicted octanol–water partition coefficient (Wildman–Crippen LogP) is 4.99. The highest BCUT2D eigenvalue weighted by atomic mass is 35.5. The zero-order valence-corrected chi connectivity index (χ0v) is 14.6. The molecule has 0 aliphatic heterocycles. The molecule has 126 valence electrons. The Morgan fingerprint density at radius 2 is 1.43 bits per heavy atom. The second-order valence-corrected chi connectivity index (χ2v) is 7.85. The van der Waals surface area contributed by atoms with E-state index in [1.807, 2.05) is 0 Å². The van der Waals surface area contributed by atoms with Gasteiger partial charge in [0, 0.05) is 12.5 Å². The topological polar surface area (TPSA) is 43.1 Å². The Kier molecular flexibility index (Phi) is 5.76. The Morgan fingerprint density at radius 1 is 0.913 bits per heavy atom. The molecule has 2 nitrogen and oxygen atoms in total. The van der Waals surface area contributed by atoms with Gasteiger partial charge in [-0.15, -0.1) is 0 Å². The van der Waals surface area contributed by atoms with Crippen LogP contribution in [-0.2, 0) is 11.3 Å². The van der Waals surface area contributed by atoms with E-state index in [9.17, 15) is 4.79 Å². The summed E-state index contributed by atoms with van der Waals surface area (Å²) in [6.45, 7) is 0.625. The van der Waals surface area contributed by atoms with Crippen molar-refractivity contribution >= 4 is 16.8 Å². The van der Waals surface area contributed by atoms with Gasteiger partial charge in [-0.3, -0.25) is 4.79 Å². The van der Waals surface area contributed by atoms with Crippen LogP contribution < -0.4 is 5.73 Å². The van der Waals surface area contributed by atoms with Crippen molar-refractivity contribution in [1.82, 2.24) is 0 Å². The Bertz CT molecular complexity index is 511. The molecule has 2 aliphatic carbocycles. The van der Waals surface area contributed by atoms with Crippen molar-refractivity contribution in [2.24, 2.45) is 23.5 Å². The molecule has 3 rings (SSSR count). The molecule has 2 saturated carbocycles. The summed E-state index contributed by atoms with van der Waals surface area (Å²) in [5, 5.41) is -0.118. The summed E-state index contributed by atoms with van der Waals surface area (Å²) in [5.41, 5.74) is 8.38. The van der Waals surface area contributed by atoms with Crippen LogP contribution in [0.5, 0.6) is 0 Å². The van der Waals surface area contributed by atoms with Gasteiger partial charge in [0.25, 0.3) is 0 Å². The molecule has 0 saturated heterocycles. The zero-order valence-electron chi connectivity index (χ0n) is 13.8. The van der Waals surface area contributed by atoms with Crippen molar-refractivity contribution in [3.8, 4) is 0 Å². The molecular formula is C20H28ClNO. The first-order chi connectivity index (χ1) is 11.2. The minimum atomic E-state index is -0.118. The van der Waals surface area contributed by atoms with Gasteiger partial charge in [-0.05, 0) is 91.8 Å². The number of halogens is 1. The van der Waals surface area contributed by atoms with Crippen LogP contribution in [-0.4, -0.2) is 5.24 Å². The first-order valence-electron chi connectivity index (χ1n) is 9.15. The maximum Gasteiger partial charge on any atom is 0.224 e. The van der Waals surface area contributed by atoms with E-state index in [0.717, 1.165) is 30.6 Å².